The van der Waals surface area contributed by atoms with Gasteiger partial charge in [0.1, 0.15) is 18.1 Å². The average Bonchev–Trinajstić information content (AvgIpc) is 2.81. The Morgan fingerprint density at radius 3 is 2.36 bits per heavy atom. The third kappa shape index (κ3) is 5.97. The number of hydrogen-bond donors (Lipinski definition) is 0. The maximum absolute atomic E-state index is 5.99. The Morgan fingerprint density at radius 1 is 0.970 bits per heavy atom. The summed E-state index contributed by atoms with van der Waals surface area (Å²) in [5.41, 5.74) is 5.31. The van der Waals surface area contributed by atoms with Crippen molar-refractivity contribution in [2.45, 2.75) is 39.2 Å². The smallest absolute Gasteiger partial charge is 0.119 e. The fraction of sp³-hybridized carbons (Fsp3) is 0.276. The van der Waals surface area contributed by atoms with E-state index in [0.29, 0.717) is 6.61 Å². The molecule has 0 saturated carbocycles. The van der Waals surface area contributed by atoms with E-state index in [9.17, 15) is 0 Å². The Labute approximate surface area is 202 Å². The molecule has 2 aromatic carbocycles. The minimum absolute atomic E-state index is 0.183. The van der Waals surface area contributed by atoms with Crippen molar-refractivity contribution in [2.24, 2.45) is 0 Å². The van der Waals surface area contributed by atoms with Gasteiger partial charge in [-0.3, -0.25) is 0 Å². The molecule has 0 unspecified atom stereocenters. The van der Waals surface area contributed by atoms with Crippen molar-refractivity contribution in [1.29, 1.82) is 0 Å². The van der Waals surface area contributed by atoms with E-state index in [2.05, 4.69) is 48.6 Å². The van der Waals surface area contributed by atoms with Gasteiger partial charge in [-0.15, -0.1) is 0 Å². The number of hydrogen-bond acceptors (Lipinski definition) is 3. The fourth-order valence-corrected chi connectivity index (χ4v) is 4.27. The second kappa shape index (κ2) is 10.1. The van der Waals surface area contributed by atoms with E-state index in [4.69, 9.17) is 16.3 Å². The van der Waals surface area contributed by atoms with Crippen LogP contribution >= 0.6 is 11.6 Å². The van der Waals surface area contributed by atoms with E-state index in [1.807, 2.05) is 66.9 Å². The number of allylic oxidation sites excluding steroid dienone is 2. The first-order valence-corrected chi connectivity index (χ1v) is 11.7. The average molecular weight is 457 g/mol. The van der Waals surface area contributed by atoms with Crippen molar-refractivity contribution >= 4 is 11.6 Å². The lowest BCUT2D eigenvalue weighted by Gasteiger charge is -2.43. The predicted molar refractivity (Wildman–Crippen MR) is 136 cm³/mol. The highest BCUT2D eigenvalue weighted by molar-refractivity contribution is 6.30. The van der Waals surface area contributed by atoms with Crippen LogP contribution in [0, 0.1) is 11.8 Å². The summed E-state index contributed by atoms with van der Waals surface area (Å²) in [6.07, 6.45) is 6.49. The third-order valence-corrected chi connectivity index (χ3v) is 6.32. The molecule has 0 atom stereocenters. The van der Waals surface area contributed by atoms with Gasteiger partial charge in [-0.2, -0.15) is 0 Å². The zero-order valence-electron chi connectivity index (χ0n) is 19.4. The molecule has 33 heavy (non-hydrogen) atoms. The summed E-state index contributed by atoms with van der Waals surface area (Å²) >= 11 is 5.96. The minimum Gasteiger partial charge on any atom is -0.492 e. The van der Waals surface area contributed by atoms with E-state index in [-0.39, 0.29) is 5.54 Å². The van der Waals surface area contributed by atoms with E-state index < -0.39 is 0 Å². The van der Waals surface area contributed by atoms with E-state index in [0.717, 1.165) is 46.1 Å². The first kappa shape index (κ1) is 23.0. The van der Waals surface area contributed by atoms with Crippen LogP contribution in [-0.4, -0.2) is 28.6 Å². The second-order valence-corrected chi connectivity index (χ2v) is 9.35. The van der Waals surface area contributed by atoms with E-state index >= 15 is 0 Å². The molecule has 168 valence electrons. The number of halogens is 1. The molecule has 0 aliphatic carbocycles. The molecule has 0 bridgehead atoms. The van der Waals surface area contributed by atoms with E-state index in [1.54, 1.807) is 0 Å². The maximum Gasteiger partial charge on any atom is 0.119 e. The van der Waals surface area contributed by atoms with Gasteiger partial charge >= 0.3 is 0 Å². The quantitative estimate of drug-likeness (QED) is 0.388. The summed E-state index contributed by atoms with van der Waals surface area (Å²) in [6, 6.07) is 19.6. The van der Waals surface area contributed by atoms with E-state index in [1.165, 1.54) is 12.1 Å². The Bertz CT molecular complexity index is 1170. The summed E-state index contributed by atoms with van der Waals surface area (Å²) in [4.78, 5) is 6.92. The monoisotopic (exact) mass is 456 g/mol. The Kier molecular flexibility index (Phi) is 7.06. The number of aromatic nitrogens is 1. The normalized spacial score (nSPS) is 14.8. The van der Waals surface area contributed by atoms with Crippen LogP contribution in [0.1, 0.15) is 44.9 Å². The standard InChI is InChI=1S/C29H29ClN2O/c1-22-5-4-18-29(2,3)32(22)19-20-33-28-16-7-23(8-17-28)6-14-27-15-11-25(21-31-27)24-9-12-26(30)13-10-24/h5,7-13,15-17,21H,4,18-20H2,1-3H3. The van der Waals surface area contributed by atoms with Crippen molar-refractivity contribution in [3.8, 4) is 28.7 Å². The van der Waals surface area contributed by atoms with Crippen LogP contribution in [0.2, 0.25) is 5.02 Å². The van der Waals surface area contributed by atoms with Crippen molar-refractivity contribution in [3.05, 3.63) is 94.9 Å². The molecule has 1 aliphatic heterocycles. The van der Waals surface area contributed by atoms with Gasteiger partial charge in [0.05, 0.1) is 6.54 Å². The molecule has 3 aromatic rings. The molecular weight excluding hydrogens is 428 g/mol. The second-order valence-electron chi connectivity index (χ2n) is 8.91. The van der Waals surface area contributed by atoms with Crippen LogP contribution in [0.15, 0.2) is 78.6 Å². The third-order valence-electron chi connectivity index (χ3n) is 6.07. The summed E-state index contributed by atoms with van der Waals surface area (Å²) in [5, 5.41) is 0.726. The van der Waals surface area contributed by atoms with Gasteiger partial charge in [0.2, 0.25) is 0 Å². The first-order chi connectivity index (χ1) is 15.9. The van der Waals surface area contributed by atoms with Crippen LogP contribution in [0.3, 0.4) is 0 Å². The molecule has 0 N–H and O–H groups in total. The molecule has 0 spiro atoms. The number of ether oxygens (including phenoxy) is 1. The molecule has 0 radical (unpaired) electrons. The lowest BCUT2D eigenvalue weighted by atomic mass is 9.91. The van der Waals surface area contributed by atoms with Gasteiger partial charge in [-0.1, -0.05) is 41.8 Å². The van der Waals surface area contributed by atoms with Gasteiger partial charge in [0, 0.05) is 33.6 Å². The summed E-state index contributed by atoms with van der Waals surface area (Å²) in [6.45, 7) is 8.33. The highest BCUT2D eigenvalue weighted by Gasteiger charge is 2.28. The zero-order chi connectivity index (χ0) is 23.3. The van der Waals surface area contributed by atoms with Gasteiger partial charge in [0.25, 0.3) is 0 Å². The maximum atomic E-state index is 5.99. The van der Waals surface area contributed by atoms with Crippen LogP contribution in [0.5, 0.6) is 5.75 Å². The van der Waals surface area contributed by atoms with Gasteiger partial charge in [-0.05, 0) is 87.6 Å². The fourth-order valence-electron chi connectivity index (χ4n) is 4.14. The van der Waals surface area contributed by atoms with Crippen molar-refractivity contribution < 1.29 is 4.74 Å². The number of pyridine rings is 1. The predicted octanol–water partition coefficient (Wildman–Crippen LogP) is 6.96. The van der Waals surface area contributed by atoms with Gasteiger partial charge in [-0.25, -0.2) is 4.98 Å². The largest absolute Gasteiger partial charge is 0.492 e. The first-order valence-electron chi connectivity index (χ1n) is 11.3. The number of rotatable bonds is 5. The lowest BCUT2D eigenvalue weighted by molar-refractivity contribution is 0.119. The highest BCUT2D eigenvalue weighted by atomic mass is 35.5. The Hall–Kier alpha value is -3.22. The molecule has 4 heteroatoms. The number of nitrogens with zero attached hydrogens (tertiary/aromatic N) is 2. The zero-order valence-corrected chi connectivity index (χ0v) is 20.2. The molecular formula is C29H29ClN2O. The Balaban J connectivity index is 1.32. The summed E-state index contributed by atoms with van der Waals surface area (Å²) in [5.74, 6) is 7.17. The lowest BCUT2D eigenvalue weighted by Crippen LogP contribution is -2.46. The molecule has 0 fully saturated rings. The molecule has 0 amide bonds. The molecule has 2 heterocycles. The van der Waals surface area contributed by atoms with Crippen molar-refractivity contribution in [2.75, 3.05) is 13.2 Å². The summed E-state index contributed by atoms with van der Waals surface area (Å²) < 4.78 is 5.99. The van der Waals surface area contributed by atoms with Crippen LogP contribution in [0.4, 0.5) is 0 Å². The highest BCUT2D eigenvalue weighted by Crippen LogP contribution is 2.29. The van der Waals surface area contributed by atoms with Crippen LogP contribution in [-0.2, 0) is 0 Å². The SMILES string of the molecule is CC1=CCCC(C)(C)N1CCOc1ccc(C#Cc2ccc(-c3ccc(Cl)cc3)cn2)cc1. The van der Waals surface area contributed by atoms with Crippen molar-refractivity contribution in [3.63, 3.8) is 0 Å². The molecule has 3 nitrogen and oxygen atoms in total. The summed E-state index contributed by atoms with van der Waals surface area (Å²) in [7, 11) is 0. The Morgan fingerprint density at radius 2 is 1.70 bits per heavy atom. The molecule has 1 aliphatic rings. The van der Waals surface area contributed by atoms with Crippen LogP contribution < -0.4 is 4.74 Å². The molecule has 0 saturated heterocycles. The van der Waals surface area contributed by atoms with Crippen LogP contribution in [0.25, 0.3) is 11.1 Å². The topological polar surface area (TPSA) is 25.4 Å². The molecule has 4 rings (SSSR count). The van der Waals surface area contributed by atoms with Gasteiger partial charge in [0.15, 0.2) is 0 Å². The minimum atomic E-state index is 0.183. The number of benzene rings is 2. The van der Waals surface area contributed by atoms with Crippen molar-refractivity contribution in [1.82, 2.24) is 9.88 Å². The molecule has 1 aromatic heterocycles. The van der Waals surface area contributed by atoms with Gasteiger partial charge < -0.3 is 9.64 Å².